The maximum atomic E-state index is 13.0. The molecule has 1 saturated heterocycles. The summed E-state index contributed by atoms with van der Waals surface area (Å²) < 4.78 is 18.7. The highest BCUT2D eigenvalue weighted by Crippen LogP contribution is 2.30. The highest BCUT2D eigenvalue weighted by atomic mass is 32.2. The van der Waals surface area contributed by atoms with Gasteiger partial charge in [-0.3, -0.25) is 4.79 Å². The minimum atomic E-state index is -0.996. The molecule has 8 heteroatoms. The van der Waals surface area contributed by atoms with E-state index >= 15 is 0 Å². The first-order chi connectivity index (χ1) is 14.0. The lowest BCUT2D eigenvalue weighted by Gasteiger charge is -1.98. The van der Waals surface area contributed by atoms with Gasteiger partial charge in [-0.1, -0.05) is 12.1 Å². The van der Waals surface area contributed by atoms with E-state index in [1.54, 1.807) is 30.3 Å². The smallest absolute Gasteiger partial charge is 0.335 e. The SMILES string of the molecule is O=C1NC(=Nc2ccc(F)cc2)S/C1=C/c1ccc(-c2ccc(C(=O)O)cc2)o1. The molecule has 0 unspecified atom stereocenters. The Morgan fingerprint density at radius 1 is 1.07 bits per heavy atom. The molecule has 1 amide bonds. The molecule has 1 aliphatic rings. The van der Waals surface area contributed by atoms with Crippen LogP contribution in [0.5, 0.6) is 0 Å². The molecule has 0 bridgehead atoms. The number of carbonyl (C=O) groups is 2. The number of aliphatic imine (C=N–C) groups is 1. The third-order valence-electron chi connectivity index (χ3n) is 4.02. The van der Waals surface area contributed by atoms with Crippen LogP contribution in [0.1, 0.15) is 16.1 Å². The van der Waals surface area contributed by atoms with Crippen molar-refractivity contribution in [1.82, 2.24) is 5.32 Å². The first kappa shape index (κ1) is 18.7. The van der Waals surface area contributed by atoms with Crippen LogP contribution in [0.3, 0.4) is 0 Å². The topological polar surface area (TPSA) is 91.9 Å². The number of nitrogens with zero attached hydrogens (tertiary/aromatic N) is 1. The lowest BCUT2D eigenvalue weighted by molar-refractivity contribution is -0.115. The van der Waals surface area contributed by atoms with Gasteiger partial charge in [0.25, 0.3) is 5.91 Å². The molecule has 0 saturated carbocycles. The average Bonchev–Trinajstić information content (AvgIpc) is 3.31. The van der Waals surface area contributed by atoms with E-state index in [1.165, 1.54) is 36.4 Å². The number of carboxylic acid groups (broad SMARTS) is 1. The van der Waals surface area contributed by atoms with Gasteiger partial charge in [-0.05, 0) is 60.3 Å². The second-order valence-electron chi connectivity index (χ2n) is 6.04. The van der Waals surface area contributed by atoms with Crippen molar-refractivity contribution >= 4 is 40.6 Å². The third kappa shape index (κ3) is 4.27. The minimum absolute atomic E-state index is 0.189. The van der Waals surface area contributed by atoms with E-state index in [1.807, 2.05) is 0 Å². The van der Waals surface area contributed by atoms with Crippen molar-refractivity contribution < 1.29 is 23.5 Å². The summed E-state index contributed by atoms with van der Waals surface area (Å²) >= 11 is 1.15. The Morgan fingerprint density at radius 3 is 2.48 bits per heavy atom. The van der Waals surface area contributed by atoms with Crippen LogP contribution in [0.4, 0.5) is 10.1 Å². The Bertz CT molecular complexity index is 1150. The largest absolute Gasteiger partial charge is 0.478 e. The van der Waals surface area contributed by atoms with Gasteiger partial charge >= 0.3 is 5.97 Å². The van der Waals surface area contributed by atoms with Crippen molar-refractivity contribution in [3.8, 4) is 11.3 Å². The Labute approximate surface area is 168 Å². The van der Waals surface area contributed by atoms with Gasteiger partial charge in [-0.15, -0.1) is 0 Å². The first-order valence-corrected chi connectivity index (χ1v) is 9.28. The molecule has 1 fully saturated rings. The summed E-state index contributed by atoms with van der Waals surface area (Å²) in [6.07, 6.45) is 1.60. The predicted molar refractivity (Wildman–Crippen MR) is 108 cm³/mol. The zero-order valence-corrected chi connectivity index (χ0v) is 15.6. The van der Waals surface area contributed by atoms with Crippen LogP contribution >= 0.6 is 11.8 Å². The molecule has 0 radical (unpaired) electrons. The van der Waals surface area contributed by atoms with E-state index in [-0.39, 0.29) is 17.3 Å². The summed E-state index contributed by atoms with van der Waals surface area (Å²) in [7, 11) is 0. The molecule has 144 valence electrons. The first-order valence-electron chi connectivity index (χ1n) is 8.47. The summed E-state index contributed by atoms with van der Waals surface area (Å²) in [5.74, 6) is -0.632. The van der Waals surface area contributed by atoms with Crippen molar-refractivity contribution in [2.24, 2.45) is 4.99 Å². The van der Waals surface area contributed by atoms with Gasteiger partial charge in [0.15, 0.2) is 5.17 Å². The number of benzene rings is 2. The molecule has 2 aromatic carbocycles. The monoisotopic (exact) mass is 408 g/mol. The van der Waals surface area contributed by atoms with E-state index in [9.17, 15) is 14.0 Å². The van der Waals surface area contributed by atoms with Crippen molar-refractivity contribution in [3.05, 3.63) is 82.7 Å². The lowest BCUT2D eigenvalue weighted by atomic mass is 10.1. The Balaban J connectivity index is 1.52. The summed E-state index contributed by atoms with van der Waals surface area (Å²) in [4.78, 5) is 27.8. The second kappa shape index (κ2) is 7.76. The summed E-state index contributed by atoms with van der Waals surface area (Å²) in [5.41, 5.74) is 1.44. The van der Waals surface area contributed by atoms with Gasteiger partial charge in [-0.25, -0.2) is 14.2 Å². The quantitative estimate of drug-likeness (QED) is 0.612. The fourth-order valence-electron chi connectivity index (χ4n) is 2.61. The number of thioether (sulfide) groups is 1. The zero-order chi connectivity index (χ0) is 20.4. The second-order valence-corrected chi connectivity index (χ2v) is 7.07. The number of hydrogen-bond donors (Lipinski definition) is 2. The van der Waals surface area contributed by atoms with Crippen molar-refractivity contribution in [2.75, 3.05) is 0 Å². The van der Waals surface area contributed by atoms with Crippen LogP contribution in [0, 0.1) is 5.82 Å². The summed E-state index contributed by atoms with van der Waals surface area (Å²) in [5, 5.41) is 12.0. The van der Waals surface area contributed by atoms with Gasteiger partial charge in [0, 0.05) is 11.6 Å². The van der Waals surface area contributed by atoms with Crippen molar-refractivity contribution in [3.63, 3.8) is 0 Å². The van der Waals surface area contributed by atoms with Gasteiger partial charge in [0.05, 0.1) is 16.2 Å². The zero-order valence-electron chi connectivity index (χ0n) is 14.8. The number of carbonyl (C=O) groups excluding carboxylic acids is 1. The van der Waals surface area contributed by atoms with Gasteiger partial charge in [0.2, 0.25) is 0 Å². The van der Waals surface area contributed by atoms with Crippen LogP contribution in [0.25, 0.3) is 17.4 Å². The molecule has 0 aliphatic carbocycles. The number of halogens is 1. The third-order valence-corrected chi connectivity index (χ3v) is 4.93. The fraction of sp³-hybridized carbons (Fsp3) is 0. The van der Waals surface area contributed by atoms with E-state index in [4.69, 9.17) is 9.52 Å². The molecule has 0 spiro atoms. The number of hydrogen-bond acceptors (Lipinski definition) is 5. The summed E-state index contributed by atoms with van der Waals surface area (Å²) in [6, 6.07) is 15.4. The van der Waals surface area contributed by atoms with Gasteiger partial charge < -0.3 is 14.8 Å². The van der Waals surface area contributed by atoms with E-state index in [0.717, 1.165) is 17.3 Å². The van der Waals surface area contributed by atoms with Crippen molar-refractivity contribution in [1.29, 1.82) is 0 Å². The van der Waals surface area contributed by atoms with E-state index < -0.39 is 5.97 Å². The van der Waals surface area contributed by atoms with Crippen LogP contribution in [-0.2, 0) is 4.79 Å². The Hall–Kier alpha value is -3.65. The van der Waals surface area contributed by atoms with Crippen LogP contribution < -0.4 is 5.32 Å². The number of carboxylic acids is 1. The highest BCUT2D eigenvalue weighted by Gasteiger charge is 2.24. The number of aromatic carboxylic acids is 1. The fourth-order valence-corrected chi connectivity index (χ4v) is 3.43. The Morgan fingerprint density at radius 2 is 1.79 bits per heavy atom. The molecule has 4 rings (SSSR count). The molecule has 2 N–H and O–H groups in total. The molecule has 29 heavy (non-hydrogen) atoms. The molecular formula is C21H13FN2O4S. The molecule has 1 aromatic heterocycles. The molecule has 0 atom stereocenters. The highest BCUT2D eigenvalue weighted by molar-refractivity contribution is 8.18. The van der Waals surface area contributed by atoms with Gasteiger partial charge in [0.1, 0.15) is 17.3 Å². The number of nitrogens with one attached hydrogen (secondary N) is 1. The molecule has 6 nitrogen and oxygen atoms in total. The van der Waals surface area contributed by atoms with Crippen LogP contribution in [-0.4, -0.2) is 22.2 Å². The number of rotatable bonds is 4. The van der Waals surface area contributed by atoms with Crippen LogP contribution in [0.15, 0.2) is 75.0 Å². The van der Waals surface area contributed by atoms with E-state index in [0.29, 0.717) is 27.3 Å². The lowest BCUT2D eigenvalue weighted by Crippen LogP contribution is -2.19. The number of amides is 1. The maximum absolute atomic E-state index is 13.0. The van der Waals surface area contributed by atoms with Crippen molar-refractivity contribution in [2.45, 2.75) is 0 Å². The Kier molecular flexibility index (Phi) is 5.01. The maximum Gasteiger partial charge on any atom is 0.335 e. The normalized spacial score (nSPS) is 16.4. The van der Waals surface area contributed by atoms with Gasteiger partial charge in [-0.2, -0.15) is 0 Å². The number of furan rings is 1. The average molecular weight is 408 g/mol. The molecular weight excluding hydrogens is 395 g/mol. The molecule has 3 aromatic rings. The molecule has 1 aliphatic heterocycles. The standard InChI is InChI=1S/C21H13FN2O4S/c22-14-5-7-15(8-6-14)23-21-24-19(25)18(29-21)11-16-9-10-17(28-16)12-1-3-13(4-2-12)20(26)27/h1-11H,(H,26,27)(H,23,24,25)/b18-11+. The molecule has 2 heterocycles. The van der Waals surface area contributed by atoms with E-state index in [2.05, 4.69) is 10.3 Å². The summed E-state index contributed by atoms with van der Waals surface area (Å²) in [6.45, 7) is 0. The predicted octanol–water partition coefficient (Wildman–Crippen LogP) is 4.68. The minimum Gasteiger partial charge on any atom is -0.478 e. The van der Waals surface area contributed by atoms with Crippen LogP contribution in [0.2, 0.25) is 0 Å². The number of amidine groups is 1.